The van der Waals surface area contributed by atoms with Gasteiger partial charge in [-0.25, -0.2) is 0 Å². The molecule has 4 heteroatoms. The van der Waals surface area contributed by atoms with Crippen LogP contribution in [0.3, 0.4) is 0 Å². The summed E-state index contributed by atoms with van der Waals surface area (Å²) in [5.74, 6) is -0.171. The minimum absolute atomic E-state index is 0.00606. The summed E-state index contributed by atoms with van der Waals surface area (Å²) >= 11 is 0. The average Bonchev–Trinajstić information content (AvgIpc) is 1.87. The standard InChI is InChI=1S/C7H16O3Si/c1-3-9-7(8)4-6(2)10-5-11/h6H,3-5H2,1-2,11H3. The fraction of sp³-hybridized carbons (Fsp3) is 0.857. The number of rotatable bonds is 5. The van der Waals surface area contributed by atoms with Gasteiger partial charge in [0.25, 0.3) is 0 Å². The summed E-state index contributed by atoms with van der Waals surface area (Å²) in [4.78, 5) is 10.8. The molecule has 0 aliphatic carbocycles. The van der Waals surface area contributed by atoms with Crippen molar-refractivity contribution in [2.45, 2.75) is 26.4 Å². The number of carbonyl (C=O) groups is 1. The molecule has 0 bridgehead atoms. The van der Waals surface area contributed by atoms with Crippen LogP contribution in [-0.2, 0) is 14.3 Å². The Labute approximate surface area is 70.5 Å². The van der Waals surface area contributed by atoms with Crippen LogP contribution in [0.25, 0.3) is 0 Å². The molecule has 1 unspecified atom stereocenters. The van der Waals surface area contributed by atoms with E-state index in [4.69, 9.17) is 9.47 Å². The molecule has 0 rings (SSSR count). The Kier molecular flexibility index (Phi) is 6.16. The first-order valence-electron chi connectivity index (χ1n) is 3.97. The molecule has 0 saturated carbocycles. The van der Waals surface area contributed by atoms with Crippen LogP contribution in [0.4, 0.5) is 0 Å². The van der Waals surface area contributed by atoms with Crippen LogP contribution < -0.4 is 0 Å². The molecule has 0 saturated heterocycles. The second-order valence-corrected chi connectivity index (χ2v) is 2.85. The van der Waals surface area contributed by atoms with E-state index < -0.39 is 0 Å². The molecule has 0 aliphatic rings. The summed E-state index contributed by atoms with van der Waals surface area (Å²) in [6.07, 6.45) is 1.16. The Balaban J connectivity index is 3.40. The quantitative estimate of drug-likeness (QED) is 0.425. The van der Waals surface area contributed by atoms with E-state index in [1.165, 1.54) is 0 Å². The van der Waals surface area contributed by atoms with Crippen molar-refractivity contribution >= 4 is 16.2 Å². The fourth-order valence-electron chi connectivity index (χ4n) is 0.798. The number of ether oxygens (including phenoxy) is 2. The maximum absolute atomic E-state index is 10.8. The molecule has 0 aromatic carbocycles. The largest absolute Gasteiger partial charge is 0.466 e. The van der Waals surface area contributed by atoms with Gasteiger partial charge >= 0.3 is 5.97 Å². The van der Waals surface area contributed by atoms with Gasteiger partial charge in [0.1, 0.15) is 0 Å². The molecule has 0 aromatic heterocycles. The van der Waals surface area contributed by atoms with Gasteiger partial charge in [-0.1, -0.05) is 0 Å². The molecule has 0 fully saturated rings. The molecule has 66 valence electrons. The van der Waals surface area contributed by atoms with Gasteiger partial charge in [0.05, 0.1) is 19.1 Å². The van der Waals surface area contributed by atoms with E-state index in [2.05, 4.69) is 0 Å². The van der Waals surface area contributed by atoms with Crippen molar-refractivity contribution in [3.8, 4) is 0 Å². The first-order valence-corrected chi connectivity index (χ1v) is 5.39. The van der Waals surface area contributed by atoms with Gasteiger partial charge in [-0.3, -0.25) is 4.79 Å². The van der Waals surface area contributed by atoms with E-state index in [0.29, 0.717) is 13.0 Å². The van der Waals surface area contributed by atoms with Crippen molar-refractivity contribution in [3.05, 3.63) is 0 Å². The van der Waals surface area contributed by atoms with Crippen LogP contribution in [-0.4, -0.2) is 35.2 Å². The SMILES string of the molecule is CCOC(=O)CC(C)OC[SiH3]. The van der Waals surface area contributed by atoms with Gasteiger partial charge in [0.2, 0.25) is 0 Å². The average molecular weight is 176 g/mol. The molecule has 0 N–H and O–H groups in total. The number of hydrogen-bond acceptors (Lipinski definition) is 3. The second kappa shape index (κ2) is 6.36. The van der Waals surface area contributed by atoms with Crippen LogP contribution in [0.1, 0.15) is 20.3 Å². The lowest BCUT2D eigenvalue weighted by Gasteiger charge is -2.09. The molecule has 0 aliphatic heterocycles. The van der Waals surface area contributed by atoms with E-state index in [-0.39, 0.29) is 12.1 Å². The summed E-state index contributed by atoms with van der Waals surface area (Å²) < 4.78 is 9.97. The lowest BCUT2D eigenvalue weighted by Crippen LogP contribution is -2.16. The first-order chi connectivity index (χ1) is 5.20. The minimum Gasteiger partial charge on any atom is -0.466 e. The zero-order valence-electron chi connectivity index (χ0n) is 7.42. The third kappa shape index (κ3) is 6.06. The topological polar surface area (TPSA) is 35.5 Å². The Hall–Kier alpha value is -0.353. The van der Waals surface area contributed by atoms with Gasteiger partial charge < -0.3 is 9.47 Å². The van der Waals surface area contributed by atoms with Crippen LogP contribution in [0.5, 0.6) is 0 Å². The summed E-state index contributed by atoms with van der Waals surface area (Å²) in [7, 11) is 1.02. The molecule has 1 atom stereocenters. The molecule has 0 spiro atoms. The maximum atomic E-state index is 10.8. The highest BCUT2D eigenvalue weighted by atomic mass is 28.1. The Morgan fingerprint density at radius 1 is 1.64 bits per heavy atom. The van der Waals surface area contributed by atoms with E-state index in [1.807, 2.05) is 6.92 Å². The van der Waals surface area contributed by atoms with Crippen molar-refractivity contribution in [3.63, 3.8) is 0 Å². The molecule has 0 heterocycles. The Morgan fingerprint density at radius 2 is 2.27 bits per heavy atom. The van der Waals surface area contributed by atoms with E-state index in [0.717, 1.165) is 16.5 Å². The lowest BCUT2D eigenvalue weighted by atomic mass is 10.3. The van der Waals surface area contributed by atoms with Crippen molar-refractivity contribution in [1.82, 2.24) is 0 Å². The summed E-state index contributed by atoms with van der Waals surface area (Å²) in [6, 6.07) is 0. The highest BCUT2D eigenvalue weighted by molar-refractivity contribution is 6.08. The van der Waals surface area contributed by atoms with Crippen LogP contribution >= 0.6 is 0 Å². The second-order valence-electron chi connectivity index (χ2n) is 2.28. The van der Waals surface area contributed by atoms with Gasteiger partial charge in [0, 0.05) is 16.5 Å². The van der Waals surface area contributed by atoms with Gasteiger partial charge in [0.15, 0.2) is 0 Å². The van der Waals surface area contributed by atoms with Gasteiger partial charge in [-0.05, 0) is 13.8 Å². The molecule has 3 nitrogen and oxygen atoms in total. The van der Waals surface area contributed by atoms with Crippen LogP contribution in [0.2, 0.25) is 0 Å². The highest BCUT2D eigenvalue weighted by Gasteiger charge is 2.08. The molecular weight excluding hydrogens is 160 g/mol. The first kappa shape index (κ1) is 10.6. The van der Waals surface area contributed by atoms with Gasteiger partial charge in [-0.2, -0.15) is 0 Å². The summed E-state index contributed by atoms with van der Waals surface area (Å²) in [6.45, 7) is 4.14. The van der Waals surface area contributed by atoms with E-state index in [1.54, 1.807) is 6.92 Å². The van der Waals surface area contributed by atoms with Gasteiger partial charge in [-0.15, -0.1) is 0 Å². The summed E-state index contributed by atoms with van der Waals surface area (Å²) in [5.41, 5.74) is 0. The predicted molar refractivity (Wildman–Crippen MR) is 46.6 cm³/mol. The zero-order valence-corrected chi connectivity index (χ0v) is 9.42. The molecule has 11 heavy (non-hydrogen) atoms. The fourth-order valence-corrected chi connectivity index (χ4v) is 1.37. The Bertz CT molecular complexity index is 116. The molecule has 0 radical (unpaired) electrons. The van der Waals surface area contributed by atoms with Crippen LogP contribution in [0.15, 0.2) is 0 Å². The minimum atomic E-state index is -0.171. The van der Waals surface area contributed by atoms with Crippen molar-refractivity contribution in [2.75, 3.05) is 12.8 Å². The Morgan fingerprint density at radius 3 is 2.73 bits per heavy atom. The normalized spacial score (nSPS) is 12.9. The predicted octanol–water partition coefficient (Wildman–Crippen LogP) is -0.332. The number of esters is 1. The van der Waals surface area contributed by atoms with Crippen LogP contribution in [0, 0.1) is 0 Å². The summed E-state index contributed by atoms with van der Waals surface area (Å²) in [5, 5.41) is 0. The van der Waals surface area contributed by atoms with E-state index >= 15 is 0 Å². The zero-order chi connectivity index (χ0) is 8.69. The molecular formula is C7H16O3Si. The van der Waals surface area contributed by atoms with Crippen molar-refractivity contribution in [1.29, 1.82) is 0 Å². The third-order valence-electron chi connectivity index (χ3n) is 1.21. The molecule has 0 aromatic rings. The third-order valence-corrected chi connectivity index (χ3v) is 1.54. The number of hydrogen-bond donors (Lipinski definition) is 0. The monoisotopic (exact) mass is 176 g/mol. The highest BCUT2D eigenvalue weighted by Crippen LogP contribution is 1.97. The van der Waals surface area contributed by atoms with Crippen molar-refractivity contribution in [2.24, 2.45) is 0 Å². The smallest absolute Gasteiger partial charge is 0.308 e. The van der Waals surface area contributed by atoms with E-state index in [9.17, 15) is 4.79 Å². The number of carbonyl (C=O) groups excluding carboxylic acids is 1. The maximum Gasteiger partial charge on any atom is 0.308 e. The van der Waals surface area contributed by atoms with Crippen molar-refractivity contribution < 1.29 is 14.3 Å². The lowest BCUT2D eigenvalue weighted by molar-refractivity contribution is -0.145. The molecule has 0 amide bonds.